The highest BCUT2D eigenvalue weighted by Crippen LogP contribution is 2.31. The normalized spacial score (nSPS) is 10.7. The smallest absolute Gasteiger partial charge is 0.275 e. The van der Waals surface area contributed by atoms with Crippen LogP contribution in [0.25, 0.3) is 0 Å². The highest BCUT2D eigenvalue weighted by molar-refractivity contribution is 9.11. The van der Waals surface area contributed by atoms with E-state index < -0.39 is 5.91 Å². The van der Waals surface area contributed by atoms with Crippen LogP contribution in [0.2, 0.25) is 0 Å². The number of hydrazone groups is 1. The van der Waals surface area contributed by atoms with Crippen LogP contribution in [-0.2, 0) is 0 Å². The summed E-state index contributed by atoms with van der Waals surface area (Å²) in [6, 6.07) is 10.4. The number of carbonyl (C=O) groups is 1. The van der Waals surface area contributed by atoms with Crippen molar-refractivity contribution >= 4 is 44.0 Å². The van der Waals surface area contributed by atoms with Gasteiger partial charge in [0.1, 0.15) is 11.5 Å². The van der Waals surface area contributed by atoms with Gasteiger partial charge in [0.15, 0.2) is 0 Å². The Morgan fingerprint density at radius 1 is 1.32 bits per heavy atom. The van der Waals surface area contributed by atoms with Crippen LogP contribution in [0.15, 0.2) is 50.4 Å². The van der Waals surface area contributed by atoms with Gasteiger partial charge in [-0.2, -0.15) is 5.10 Å². The fraction of sp³-hybridized carbons (Fsp3) is 0.0667. The van der Waals surface area contributed by atoms with Crippen molar-refractivity contribution in [3.8, 4) is 11.5 Å². The number of aromatic hydroxyl groups is 1. The molecule has 0 aliphatic rings. The molecule has 0 atom stereocenters. The second kappa shape index (κ2) is 7.42. The van der Waals surface area contributed by atoms with Gasteiger partial charge in [-0.25, -0.2) is 5.43 Å². The monoisotopic (exact) mass is 426 g/mol. The minimum atomic E-state index is -0.515. The summed E-state index contributed by atoms with van der Waals surface area (Å²) in [4.78, 5) is 12.0. The molecule has 0 saturated heterocycles. The molecule has 2 rings (SSSR count). The number of hydrogen-bond donors (Lipinski definition) is 2. The summed E-state index contributed by atoms with van der Waals surface area (Å²) in [7, 11) is 1.58. The van der Waals surface area contributed by atoms with Gasteiger partial charge in [0, 0.05) is 4.47 Å². The minimum Gasteiger partial charge on any atom is -0.506 e. The van der Waals surface area contributed by atoms with E-state index in [9.17, 15) is 9.90 Å². The maximum absolute atomic E-state index is 12.0. The zero-order valence-corrected chi connectivity index (χ0v) is 14.7. The van der Waals surface area contributed by atoms with E-state index in [1.54, 1.807) is 19.2 Å². The van der Waals surface area contributed by atoms with E-state index in [2.05, 4.69) is 42.4 Å². The number of methoxy groups -OCH3 is 1. The maximum atomic E-state index is 12.0. The standard InChI is InChI=1S/C15H12Br2N2O3/c1-22-11-4-2-3-9(5-11)8-18-19-15(21)12-6-10(16)7-13(17)14(12)20/h2-8,20H,1H3,(H,19,21). The van der Waals surface area contributed by atoms with Crippen LogP contribution in [-0.4, -0.2) is 24.3 Å². The molecule has 0 fully saturated rings. The molecule has 7 heteroatoms. The Morgan fingerprint density at radius 3 is 2.82 bits per heavy atom. The Balaban J connectivity index is 2.11. The second-order valence-electron chi connectivity index (χ2n) is 4.26. The lowest BCUT2D eigenvalue weighted by Crippen LogP contribution is -2.17. The van der Waals surface area contributed by atoms with Gasteiger partial charge in [-0.05, 0) is 45.8 Å². The van der Waals surface area contributed by atoms with E-state index in [0.717, 1.165) is 5.56 Å². The number of rotatable bonds is 4. The largest absolute Gasteiger partial charge is 0.506 e. The number of carbonyl (C=O) groups excluding carboxylic acids is 1. The Hall–Kier alpha value is -1.86. The molecule has 0 unspecified atom stereocenters. The summed E-state index contributed by atoms with van der Waals surface area (Å²) in [5, 5.41) is 13.8. The van der Waals surface area contributed by atoms with E-state index in [0.29, 0.717) is 14.7 Å². The molecular formula is C15H12Br2N2O3. The van der Waals surface area contributed by atoms with Crippen molar-refractivity contribution in [2.24, 2.45) is 5.10 Å². The van der Waals surface area contributed by atoms with E-state index in [4.69, 9.17) is 4.74 Å². The van der Waals surface area contributed by atoms with Crippen LogP contribution in [0.4, 0.5) is 0 Å². The molecule has 1 amide bonds. The van der Waals surface area contributed by atoms with Gasteiger partial charge in [-0.3, -0.25) is 4.79 Å². The highest BCUT2D eigenvalue weighted by atomic mass is 79.9. The van der Waals surface area contributed by atoms with Crippen LogP contribution in [0, 0.1) is 0 Å². The van der Waals surface area contributed by atoms with Gasteiger partial charge in [0.2, 0.25) is 0 Å². The molecule has 0 radical (unpaired) electrons. The number of benzene rings is 2. The van der Waals surface area contributed by atoms with Crippen molar-refractivity contribution in [3.63, 3.8) is 0 Å². The lowest BCUT2D eigenvalue weighted by molar-refractivity contribution is 0.0952. The van der Waals surface area contributed by atoms with Crippen LogP contribution < -0.4 is 10.2 Å². The summed E-state index contributed by atoms with van der Waals surface area (Å²) >= 11 is 6.44. The van der Waals surface area contributed by atoms with E-state index in [1.807, 2.05) is 18.2 Å². The Labute approximate surface area is 144 Å². The molecule has 0 spiro atoms. The van der Waals surface area contributed by atoms with Gasteiger partial charge in [0.25, 0.3) is 5.91 Å². The average molecular weight is 428 g/mol. The number of nitrogens with one attached hydrogen (secondary N) is 1. The predicted molar refractivity (Wildman–Crippen MR) is 91.6 cm³/mol. The first kappa shape index (κ1) is 16.5. The third kappa shape index (κ3) is 4.08. The van der Waals surface area contributed by atoms with Crippen molar-refractivity contribution in [1.82, 2.24) is 5.43 Å². The molecule has 114 valence electrons. The number of phenolic OH excluding ortho intramolecular Hbond substituents is 1. The molecule has 2 aromatic rings. The molecule has 0 heterocycles. The molecule has 0 saturated carbocycles. The molecule has 0 aliphatic heterocycles. The van der Waals surface area contributed by atoms with Gasteiger partial charge >= 0.3 is 0 Å². The Kier molecular flexibility index (Phi) is 5.57. The number of halogens is 2. The quantitative estimate of drug-likeness (QED) is 0.577. The van der Waals surface area contributed by atoms with Crippen molar-refractivity contribution < 1.29 is 14.6 Å². The Morgan fingerprint density at radius 2 is 2.09 bits per heavy atom. The average Bonchev–Trinajstić information content (AvgIpc) is 2.51. The summed E-state index contributed by atoms with van der Waals surface area (Å²) < 4.78 is 6.19. The third-order valence-corrected chi connectivity index (χ3v) is 3.81. The molecule has 2 N–H and O–H groups in total. The number of phenols is 1. The summed E-state index contributed by atoms with van der Waals surface area (Å²) in [5.41, 5.74) is 3.26. The van der Waals surface area contributed by atoms with Crippen molar-refractivity contribution in [1.29, 1.82) is 0 Å². The molecule has 0 aromatic heterocycles. The second-order valence-corrected chi connectivity index (χ2v) is 6.03. The first-order valence-electron chi connectivity index (χ1n) is 6.16. The zero-order chi connectivity index (χ0) is 16.1. The minimum absolute atomic E-state index is 0.115. The summed E-state index contributed by atoms with van der Waals surface area (Å²) in [5.74, 6) is 0.0415. The van der Waals surface area contributed by atoms with Crippen molar-refractivity contribution in [3.05, 3.63) is 56.5 Å². The molecule has 0 aliphatic carbocycles. The van der Waals surface area contributed by atoms with Crippen LogP contribution in [0.3, 0.4) is 0 Å². The van der Waals surface area contributed by atoms with Gasteiger partial charge in [0.05, 0.1) is 23.4 Å². The Bertz CT molecular complexity index is 733. The van der Waals surface area contributed by atoms with Gasteiger partial charge in [-0.15, -0.1) is 0 Å². The maximum Gasteiger partial charge on any atom is 0.275 e. The zero-order valence-electron chi connectivity index (χ0n) is 11.5. The number of hydrogen-bond acceptors (Lipinski definition) is 4. The number of nitrogens with zero attached hydrogens (tertiary/aromatic N) is 1. The van der Waals surface area contributed by atoms with E-state index >= 15 is 0 Å². The third-order valence-electron chi connectivity index (χ3n) is 2.75. The first-order chi connectivity index (χ1) is 10.5. The topological polar surface area (TPSA) is 70.9 Å². The number of amides is 1. The lowest BCUT2D eigenvalue weighted by Gasteiger charge is -2.06. The van der Waals surface area contributed by atoms with Gasteiger partial charge in [-0.1, -0.05) is 28.1 Å². The molecule has 5 nitrogen and oxygen atoms in total. The van der Waals surface area contributed by atoms with Crippen molar-refractivity contribution in [2.45, 2.75) is 0 Å². The lowest BCUT2D eigenvalue weighted by atomic mass is 10.2. The van der Waals surface area contributed by atoms with E-state index in [-0.39, 0.29) is 11.3 Å². The van der Waals surface area contributed by atoms with Gasteiger partial charge < -0.3 is 9.84 Å². The first-order valence-corrected chi connectivity index (χ1v) is 7.75. The SMILES string of the molecule is COc1cccc(C=NNC(=O)c2cc(Br)cc(Br)c2O)c1. The summed E-state index contributed by atoms with van der Waals surface area (Å²) in [6.45, 7) is 0. The molecular weight excluding hydrogens is 416 g/mol. The fourth-order valence-corrected chi connectivity index (χ4v) is 2.91. The van der Waals surface area contributed by atoms with Crippen LogP contribution in [0.1, 0.15) is 15.9 Å². The van der Waals surface area contributed by atoms with Crippen molar-refractivity contribution in [2.75, 3.05) is 7.11 Å². The number of ether oxygens (including phenoxy) is 1. The fourth-order valence-electron chi connectivity index (χ4n) is 1.69. The molecule has 22 heavy (non-hydrogen) atoms. The molecule has 2 aromatic carbocycles. The highest BCUT2D eigenvalue weighted by Gasteiger charge is 2.14. The summed E-state index contributed by atoms with van der Waals surface area (Å²) in [6.07, 6.45) is 1.49. The predicted octanol–water partition coefficient (Wildman–Crippen LogP) is 3.69. The van der Waals surface area contributed by atoms with E-state index in [1.165, 1.54) is 12.3 Å². The molecule has 0 bridgehead atoms. The van der Waals surface area contributed by atoms with Crippen LogP contribution in [0.5, 0.6) is 11.5 Å². The van der Waals surface area contributed by atoms with Crippen LogP contribution >= 0.6 is 31.9 Å².